The monoisotopic (exact) mass is 371 g/mol. The molecule has 0 saturated carbocycles. The highest BCUT2D eigenvalue weighted by atomic mass is 35.5. The van der Waals surface area contributed by atoms with E-state index in [-0.39, 0.29) is 21.4 Å². The van der Waals surface area contributed by atoms with Crippen molar-refractivity contribution in [2.75, 3.05) is 25.5 Å². The summed E-state index contributed by atoms with van der Waals surface area (Å²) in [5.74, 6) is 0.779. The molecule has 2 aromatic rings. The van der Waals surface area contributed by atoms with E-state index in [0.717, 1.165) is 0 Å². The average molecular weight is 372 g/mol. The van der Waals surface area contributed by atoms with Crippen LogP contribution >= 0.6 is 11.6 Å². The summed E-state index contributed by atoms with van der Waals surface area (Å²) in [5.41, 5.74) is 0.329. The minimum absolute atomic E-state index is 0.0856. The van der Waals surface area contributed by atoms with E-state index in [2.05, 4.69) is 4.72 Å². The molecule has 0 spiro atoms. The first-order valence-corrected chi connectivity index (χ1v) is 8.95. The van der Waals surface area contributed by atoms with Crippen LogP contribution in [0.25, 0.3) is 0 Å². The van der Waals surface area contributed by atoms with Gasteiger partial charge in [0, 0.05) is 12.1 Å². The van der Waals surface area contributed by atoms with E-state index in [1.54, 1.807) is 24.3 Å². The third kappa shape index (κ3) is 3.85. The normalized spacial score (nSPS) is 11.0. The van der Waals surface area contributed by atoms with Gasteiger partial charge in [-0.2, -0.15) is 0 Å². The minimum atomic E-state index is -3.94. The number of sulfonamides is 1. The number of hydrogen-bond donors (Lipinski definition) is 1. The number of para-hydroxylation sites is 2. The number of benzene rings is 2. The number of rotatable bonds is 7. The van der Waals surface area contributed by atoms with Crippen LogP contribution in [0, 0.1) is 0 Å². The third-order valence-corrected chi connectivity index (χ3v) is 4.84. The first-order chi connectivity index (χ1) is 11.4. The molecule has 0 fully saturated rings. The SMILES string of the molecule is CCOc1ccccc1NS(=O)(=O)c1cc(OC)c(Cl)cc1OC. The van der Waals surface area contributed by atoms with E-state index in [1.807, 2.05) is 6.92 Å². The lowest BCUT2D eigenvalue weighted by Gasteiger charge is -2.15. The van der Waals surface area contributed by atoms with Gasteiger partial charge in [-0.25, -0.2) is 8.42 Å². The fourth-order valence-corrected chi connectivity index (χ4v) is 3.54. The van der Waals surface area contributed by atoms with Gasteiger partial charge in [0.2, 0.25) is 0 Å². The molecule has 6 nitrogen and oxygen atoms in total. The molecular weight excluding hydrogens is 354 g/mol. The smallest absolute Gasteiger partial charge is 0.265 e. The van der Waals surface area contributed by atoms with Crippen molar-refractivity contribution >= 4 is 27.3 Å². The van der Waals surface area contributed by atoms with Gasteiger partial charge in [0.15, 0.2) is 0 Å². The number of hydrogen-bond acceptors (Lipinski definition) is 5. The second-order valence-corrected chi connectivity index (χ2v) is 6.73. The van der Waals surface area contributed by atoms with Crippen LogP contribution in [0.1, 0.15) is 6.92 Å². The van der Waals surface area contributed by atoms with Crippen molar-refractivity contribution in [2.24, 2.45) is 0 Å². The molecule has 0 unspecified atom stereocenters. The molecule has 8 heteroatoms. The lowest BCUT2D eigenvalue weighted by Crippen LogP contribution is -2.15. The first kappa shape index (κ1) is 18.2. The van der Waals surface area contributed by atoms with Crippen molar-refractivity contribution in [3.8, 4) is 17.2 Å². The summed E-state index contributed by atoms with van der Waals surface area (Å²) in [6, 6.07) is 9.47. The van der Waals surface area contributed by atoms with Gasteiger partial charge < -0.3 is 14.2 Å². The Balaban J connectivity index is 2.48. The van der Waals surface area contributed by atoms with Gasteiger partial charge >= 0.3 is 0 Å². The average Bonchev–Trinajstić information content (AvgIpc) is 2.56. The van der Waals surface area contributed by atoms with Gasteiger partial charge in [-0.1, -0.05) is 23.7 Å². The van der Waals surface area contributed by atoms with E-state index in [9.17, 15) is 8.42 Å². The number of halogens is 1. The topological polar surface area (TPSA) is 73.9 Å². The zero-order valence-electron chi connectivity index (χ0n) is 13.5. The van der Waals surface area contributed by atoms with Crippen molar-refractivity contribution in [3.63, 3.8) is 0 Å². The van der Waals surface area contributed by atoms with Gasteiger partial charge in [-0.05, 0) is 19.1 Å². The molecule has 1 N–H and O–H groups in total. The van der Waals surface area contributed by atoms with E-state index < -0.39 is 10.0 Å². The predicted molar refractivity (Wildman–Crippen MR) is 93.0 cm³/mol. The van der Waals surface area contributed by atoms with Gasteiger partial charge in [-0.3, -0.25) is 4.72 Å². The Bertz CT molecular complexity index is 823. The fourth-order valence-electron chi connectivity index (χ4n) is 2.07. The van der Waals surface area contributed by atoms with E-state index in [0.29, 0.717) is 18.0 Å². The molecule has 0 aliphatic rings. The maximum atomic E-state index is 12.8. The van der Waals surface area contributed by atoms with Crippen molar-refractivity contribution in [2.45, 2.75) is 11.8 Å². The Morgan fingerprint density at radius 3 is 2.33 bits per heavy atom. The first-order valence-electron chi connectivity index (χ1n) is 7.09. The summed E-state index contributed by atoms with van der Waals surface area (Å²) in [4.78, 5) is -0.0856. The highest BCUT2D eigenvalue weighted by molar-refractivity contribution is 7.92. The largest absolute Gasteiger partial charge is 0.495 e. The van der Waals surface area contributed by atoms with Crippen LogP contribution in [-0.4, -0.2) is 29.2 Å². The molecule has 0 radical (unpaired) electrons. The van der Waals surface area contributed by atoms with Gasteiger partial charge in [0.1, 0.15) is 22.1 Å². The molecular formula is C16H18ClNO5S. The lowest BCUT2D eigenvalue weighted by molar-refractivity contribution is 0.342. The molecule has 0 aromatic heterocycles. The van der Waals surface area contributed by atoms with Crippen LogP contribution in [0.15, 0.2) is 41.3 Å². The molecule has 2 rings (SSSR count). The molecule has 2 aromatic carbocycles. The second-order valence-electron chi connectivity index (χ2n) is 4.67. The predicted octanol–water partition coefficient (Wildman–Crippen LogP) is 3.56. The summed E-state index contributed by atoms with van der Waals surface area (Å²) >= 11 is 6.02. The van der Waals surface area contributed by atoms with Crippen molar-refractivity contribution in [1.29, 1.82) is 0 Å². The van der Waals surface area contributed by atoms with Crippen molar-refractivity contribution < 1.29 is 22.6 Å². The maximum Gasteiger partial charge on any atom is 0.265 e. The van der Waals surface area contributed by atoms with Crippen LogP contribution in [0.3, 0.4) is 0 Å². The molecule has 130 valence electrons. The van der Waals surface area contributed by atoms with Crippen LogP contribution in [0.4, 0.5) is 5.69 Å². The highest BCUT2D eigenvalue weighted by Gasteiger charge is 2.23. The summed E-state index contributed by atoms with van der Waals surface area (Å²) in [5, 5.41) is 0.253. The molecule has 0 amide bonds. The van der Waals surface area contributed by atoms with Gasteiger partial charge in [0.25, 0.3) is 10.0 Å². The number of nitrogens with one attached hydrogen (secondary N) is 1. The Morgan fingerprint density at radius 1 is 1.04 bits per heavy atom. The zero-order valence-corrected chi connectivity index (χ0v) is 15.1. The molecule has 0 atom stereocenters. The van der Waals surface area contributed by atoms with Crippen LogP contribution in [-0.2, 0) is 10.0 Å². The van der Waals surface area contributed by atoms with Gasteiger partial charge in [0.05, 0.1) is 31.5 Å². The number of methoxy groups -OCH3 is 2. The Morgan fingerprint density at radius 2 is 1.71 bits per heavy atom. The lowest BCUT2D eigenvalue weighted by atomic mass is 10.3. The Kier molecular flexibility index (Phi) is 5.80. The van der Waals surface area contributed by atoms with Crippen LogP contribution in [0.5, 0.6) is 17.2 Å². The van der Waals surface area contributed by atoms with Gasteiger partial charge in [-0.15, -0.1) is 0 Å². The Hall–Kier alpha value is -2.12. The Labute approximate surface area is 146 Å². The summed E-state index contributed by atoms with van der Waals surface area (Å²) in [7, 11) is -1.17. The standard InChI is InChI=1S/C16H18ClNO5S/c1-4-23-13-8-6-5-7-12(13)18-24(19,20)16-10-14(21-2)11(17)9-15(16)22-3/h5-10,18H,4H2,1-3H3. The van der Waals surface area contributed by atoms with Crippen molar-refractivity contribution in [1.82, 2.24) is 0 Å². The maximum absolute atomic E-state index is 12.8. The van der Waals surface area contributed by atoms with E-state index >= 15 is 0 Å². The molecule has 0 aliphatic carbocycles. The molecule has 0 saturated heterocycles. The summed E-state index contributed by atoms with van der Waals surface area (Å²) in [6.07, 6.45) is 0. The second kappa shape index (κ2) is 7.63. The molecule has 0 heterocycles. The van der Waals surface area contributed by atoms with E-state index in [1.165, 1.54) is 26.4 Å². The fraction of sp³-hybridized carbons (Fsp3) is 0.250. The molecule has 0 bridgehead atoms. The summed E-state index contributed by atoms with van der Waals surface area (Å²) < 4.78 is 43.7. The molecule has 24 heavy (non-hydrogen) atoms. The van der Waals surface area contributed by atoms with E-state index in [4.69, 9.17) is 25.8 Å². The zero-order chi connectivity index (χ0) is 17.7. The number of ether oxygens (including phenoxy) is 3. The number of anilines is 1. The summed E-state index contributed by atoms with van der Waals surface area (Å²) in [6.45, 7) is 2.23. The highest BCUT2D eigenvalue weighted by Crippen LogP contribution is 2.36. The van der Waals surface area contributed by atoms with Crippen LogP contribution < -0.4 is 18.9 Å². The minimum Gasteiger partial charge on any atom is -0.495 e. The van der Waals surface area contributed by atoms with Crippen LogP contribution in [0.2, 0.25) is 5.02 Å². The van der Waals surface area contributed by atoms with Crippen molar-refractivity contribution in [3.05, 3.63) is 41.4 Å². The quantitative estimate of drug-likeness (QED) is 0.805. The molecule has 0 aliphatic heterocycles. The third-order valence-electron chi connectivity index (χ3n) is 3.16.